The molecule has 0 saturated carbocycles. The lowest BCUT2D eigenvalue weighted by Gasteiger charge is -2.22. The molecule has 1 aromatic rings. The van der Waals surface area contributed by atoms with Gasteiger partial charge < -0.3 is 14.2 Å². The number of methoxy groups -OCH3 is 1. The lowest BCUT2D eigenvalue weighted by molar-refractivity contribution is -0.138. The number of fused-ring (bicyclic) bond motifs is 1. The van der Waals surface area contributed by atoms with Crippen molar-refractivity contribution in [3.05, 3.63) is 35.1 Å². The molecule has 1 aliphatic rings. The normalized spacial score (nSPS) is 13.7. The van der Waals surface area contributed by atoms with Crippen LogP contribution in [0.15, 0.2) is 29.5 Å². The molecule has 0 aliphatic carbocycles. The van der Waals surface area contributed by atoms with Crippen molar-refractivity contribution in [1.29, 1.82) is 0 Å². The molecule has 18 heavy (non-hydrogen) atoms. The summed E-state index contributed by atoms with van der Waals surface area (Å²) in [5.41, 5.74) is 1.50. The van der Waals surface area contributed by atoms with Gasteiger partial charge >= 0.3 is 5.97 Å². The molecular formula is C14H16O4. The fraction of sp³-hybridized carbons (Fsp3) is 0.357. The maximum absolute atomic E-state index is 11.8. The third-order valence-electron chi connectivity index (χ3n) is 2.85. The standard InChI is InChI=1S/C14H16O4/c1-4-17-14(15)11-8-10-6-5-7-12(16-3)13(10)18-9(11)2/h5-7H,4,8H2,1-3H3. The number of hydrogen-bond acceptors (Lipinski definition) is 4. The van der Waals surface area contributed by atoms with E-state index < -0.39 is 0 Å². The Bertz CT molecular complexity index is 503. The van der Waals surface area contributed by atoms with Crippen molar-refractivity contribution in [1.82, 2.24) is 0 Å². The molecule has 0 fully saturated rings. The van der Waals surface area contributed by atoms with Gasteiger partial charge in [-0.15, -0.1) is 0 Å². The fourth-order valence-electron chi connectivity index (χ4n) is 1.94. The molecule has 4 nitrogen and oxygen atoms in total. The molecule has 96 valence electrons. The first-order chi connectivity index (χ1) is 8.67. The van der Waals surface area contributed by atoms with Crippen LogP contribution >= 0.6 is 0 Å². The van der Waals surface area contributed by atoms with Crippen molar-refractivity contribution in [3.63, 3.8) is 0 Å². The SMILES string of the molecule is CCOC(=O)C1=C(C)Oc2c(cccc2OC)C1. The predicted molar refractivity (Wildman–Crippen MR) is 66.7 cm³/mol. The highest BCUT2D eigenvalue weighted by Gasteiger charge is 2.25. The zero-order valence-electron chi connectivity index (χ0n) is 10.8. The Labute approximate surface area is 106 Å². The highest BCUT2D eigenvalue weighted by atomic mass is 16.5. The van der Waals surface area contributed by atoms with Gasteiger partial charge in [0.1, 0.15) is 5.76 Å². The largest absolute Gasteiger partial charge is 0.493 e. The summed E-state index contributed by atoms with van der Waals surface area (Å²) in [6.07, 6.45) is 0.511. The molecule has 0 bridgehead atoms. The summed E-state index contributed by atoms with van der Waals surface area (Å²) in [7, 11) is 1.60. The molecule has 0 saturated heterocycles. The highest BCUT2D eigenvalue weighted by molar-refractivity contribution is 5.90. The Kier molecular flexibility index (Phi) is 3.55. The average molecular weight is 248 g/mol. The van der Waals surface area contributed by atoms with Gasteiger partial charge in [0.05, 0.1) is 19.3 Å². The first kappa shape index (κ1) is 12.5. The van der Waals surface area contributed by atoms with E-state index in [9.17, 15) is 4.79 Å². The molecule has 0 amide bonds. The van der Waals surface area contributed by atoms with E-state index in [2.05, 4.69) is 0 Å². The number of hydrogen-bond donors (Lipinski definition) is 0. The first-order valence-corrected chi connectivity index (χ1v) is 5.88. The topological polar surface area (TPSA) is 44.8 Å². The number of carbonyl (C=O) groups is 1. The minimum Gasteiger partial charge on any atom is -0.493 e. The maximum Gasteiger partial charge on any atom is 0.337 e. The second kappa shape index (κ2) is 5.12. The van der Waals surface area contributed by atoms with Crippen LogP contribution in [0, 0.1) is 0 Å². The Morgan fingerprint density at radius 2 is 2.22 bits per heavy atom. The van der Waals surface area contributed by atoms with Gasteiger partial charge in [0.2, 0.25) is 0 Å². The van der Waals surface area contributed by atoms with Crippen LogP contribution < -0.4 is 9.47 Å². The minimum atomic E-state index is -0.316. The Balaban J connectivity index is 2.33. The fourth-order valence-corrected chi connectivity index (χ4v) is 1.94. The van der Waals surface area contributed by atoms with Crippen LogP contribution in [0.25, 0.3) is 0 Å². The second-order valence-electron chi connectivity index (χ2n) is 3.98. The van der Waals surface area contributed by atoms with Crippen LogP contribution in [0.4, 0.5) is 0 Å². The van der Waals surface area contributed by atoms with Crippen LogP contribution in [0.5, 0.6) is 11.5 Å². The maximum atomic E-state index is 11.8. The van der Waals surface area contributed by atoms with Crippen LogP contribution in [0.1, 0.15) is 19.4 Å². The van der Waals surface area contributed by atoms with Crippen molar-refractivity contribution in [3.8, 4) is 11.5 Å². The van der Waals surface area contributed by atoms with Crippen LogP contribution in [0.3, 0.4) is 0 Å². The summed E-state index contributed by atoms with van der Waals surface area (Å²) < 4.78 is 15.9. The highest BCUT2D eigenvalue weighted by Crippen LogP contribution is 2.38. The van der Waals surface area contributed by atoms with Gasteiger partial charge in [-0.05, 0) is 19.9 Å². The van der Waals surface area contributed by atoms with Crippen LogP contribution in [-0.4, -0.2) is 19.7 Å². The average Bonchev–Trinajstić information content (AvgIpc) is 2.37. The zero-order valence-corrected chi connectivity index (χ0v) is 10.8. The second-order valence-corrected chi connectivity index (χ2v) is 3.98. The molecule has 2 rings (SSSR count). The van der Waals surface area contributed by atoms with E-state index in [0.29, 0.717) is 35.9 Å². The number of ether oxygens (including phenoxy) is 3. The molecule has 1 aliphatic heterocycles. The number of benzene rings is 1. The molecule has 0 spiro atoms. The first-order valence-electron chi connectivity index (χ1n) is 5.88. The number of allylic oxidation sites excluding steroid dienone is 1. The van der Waals surface area contributed by atoms with Crippen molar-refractivity contribution in [2.24, 2.45) is 0 Å². The van der Waals surface area contributed by atoms with Crippen LogP contribution in [-0.2, 0) is 16.0 Å². The lowest BCUT2D eigenvalue weighted by Crippen LogP contribution is -2.18. The van der Waals surface area contributed by atoms with Gasteiger partial charge in [-0.2, -0.15) is 0 Å². The molecule has 0 atom stereocenters. The monoisotopic (exact) mass is 248 g/mol. The van der Waals surface area contributed by atoms with Gasteiger partial charge in [0.15, 0.2) is 11.5 Å². The van der Waals surface area contributed by atoms with Crippen molar-refractivity contribution >= 4 is 5.97 Å². The summed E-state index contributed by atoms with van der Waals surface area (Å²) in [6, 6.07) is 5.63. The molecule has 1 aromatic carbocycles. The Hall–Kier alpha value is -1.97. The predicted octanol–water partition coefficient (Wildman–Crippen LogP) is 2.47. The van der Waals surface area contributed by atoms with E-state index in [0.717, 1.165) is 5.56 Å². The summed E-state index contributed by atoms with van der Waals surface area (Å²) in [6.45, 7) is 3.91. The molecule has 0 aromatic heterocycles. The van der Waals surface area contributed by atoms with Gasteiger partial charge in [0.25, 0.3) is 0 Å². The number of carbonyl (C=O) groups excluding carboxylic acids is 1. The van der Waals surface area contributed by atoms with E-state index in [4.69, 9.17) is 14.2 Å². The van der Waals surface area contributed by atoms with Gasteiger partial charge in [-0.1, -0.05) is 12.1 Å². The van der Waals surface area contributed by atoms with Gasteiger partial charge in [0, 0.05) is 12.0 Å². The molecule has 0 unspecified atom stereocenters. The Morgan fingerprint density at radius 3 is 2.89 bits per heavy atom. The molecule has 0 radical (unpaired) electrons. The van der Waals surface area contributed by atoms with E-state index in [1.54, 1.807) is 21.0 Å². The number of esters is 1. The molecule has 0 N–H and O–H groups in total. The quantitative estimate of drug-likeness (QED) is 0.771. The molecule has 1 heterocycles. The van der Waals surface area contributed by atoms with E-state index in [1.807, 2.05) is 18.2 Å². The molecule has 4 heteroatoms. The summed E-state index contributed by atoms with van der Waals surface area (Å²) in [5, 5.41) is 0. The van der Waals surface area contributed by atoms with Crippen LogP contribution in [0.2, 0.25) is 0 Å². The van der Waals surface area contributed by atoms with Crippen molar-refractivity contribution in [2.75, 3.05) is 13.7 Å². The molecular weight excluding hydrogens is 232 g/mol. The lowest BCUT2D eigenvalue weighted by atomic mass is 10.0. The third kappa shape index (κ3) is 2.18. The smallest absolute Gasteiger partial charge is 0.337 e. The van der Waals surface area contributed by atoms with E-state index in [1.165, 1.54) is 0 Å². The third-order valence-corrected chi connectivity index (χ3v) is 2.85. The number of rotatable bonds is 3. The minimum absolute atomic E-state index is 0.316. The van der Waals surface area contributed by atoms with Crippen molar-refractivity contribution in [2.45, 2.75) is 20.3 Å². The number of para-hydroxylation sites is 1. The zero-order chi connectivity index (χ0) is 13.1. The van der Waals surface area contributed by atoms with Crippen molar-refractivity contribution < 1.29 is 19.0 Å². The van der Waals surface area contributed by atoms with E-state index >= 15 is 0 Å². The van der Waals surface area contributed by atoms with E-state index in [-0.39, 0.29) is 5.97 Å². The Morgan fingerprint density at radius 1 is 1.44 bits per heavy atom. The summed E-state index contributed by atoms with van der Waals surface area (Å²) in [5.74, 6) is 1.62. The van der Waals surface area contributed by atoms with Gasteiger partial charge in [-0.25, -0.2) is 4.79 Å². The summed E-state index contributed by atoms with van der Waals surface area (Å²) >= 11 is 0. The van der Waals surface area contributed by atoms with Gasteiger partial charge in [-0.3, -0.25) is 0 Å². The summed E-state index contributed by atoms with van der Waals surface area (Å²) in [4.78, 5) is 11.8.